The largest absolute Gasteiger partial charge is 0.490 e. The third kappa shape index (κ3) is 17.0. The number of nitrogens with two attached hydrogens (primary N) is 1. The number of phosphoric acid groups is 3. The molecule has 3 aromatic rings. The molecule has 0 spiro atoms. The predicted octanol–water partition coefficient (Wildman–Crippen LogP) is 9.86. The molecule has 4 heterocycles. The Morgan fingerprint density at radius 3 is 2.38 bits per heavy atom. The molecule has 0 radical (unpaired) electrons. The highest BCUT2D eigenvalue weighted by Crippen LogP contribution is 2.66. The SMILES string of the molecule is C=C1N=C(N)C(CO[C@H](c2ccc(C#CCCC(=O)CCCCC[N+]3=C(C=CC=CC=C4N(CC)c5ccc(C)cc5C4(C)C)C(C)(C)c4cc(S(=O)(=O)O)ccc43)cc2[N+](=O)[O-])C(C)C)=CN1[C@H]1CC(O)[C@@H](COP(=O)(O)OP(=O)(O)OP(=O)(O)O)O1. The van der Waals surface area contributed by atoms with Crippen LogP contribution >= 0.6 is 23.5 Å². The van der Waals surface area contributed by atoms with E-state index in [1.807, 2.05) is 38.2 Å². The monoisotopic (exact) mass is 1300 g/mol. The van der Waals surface area contributed by atoms with Crippen LogP contribution in [-0.4, -0.2) is 114 Å². The summed E-state index contributed by atoms with van der Waals surface area (Å²) in [5, 5.41) is 23.2. The van der Waals surface area contributed by atoms with Crippen LogP contribution in [0.1, 0.15) is 127 Å². The number of amidine groups is 1. The number of carbonyl (C=O) groups excluding carboxylic acids is 1. The summed E-state index contributed by atoms with van der Waals surface area (Å²) in [6, 6.07) is 15.8. The van der Waals surface area contributed by atoms with E-state index in [0.717, 1.165) is 36.3 Å². The molecule has 0 amide bonds. The maximum Gasteiger partial charge on any atom is 0.490 e. The zero-order chi connectivity index (χ0) is 64.9. The third-order valence-corrected chi connectivity index (χ3v) is 20.1. The lowest BCUT2D eigenvalue weighted by Gasteiger charge is -2.31. The Labute approximate surface area is 512 Å². The quantitative estimate of drug-likeness (QED) is 0.00545. The first-order valence-electron chi connectivity index (χ1n) is 28.3. The topological polar surface area (TPSA) is 361 Å². The number of Topliss-reactive ketones (excluding diaryl/α,β-unsaturated/α-hetero) is 1. The van der Waals surface area contributed by atoms with E-state index >= 15 is 0 Å². The summed E-state index contributed by atoms with van der Waals surface area (Å²) in [5.74, 6) is 5.67. The van der Waals surface area contributed by atoms with Gasteiger partial charge in [-0.25, -0.2) is 18.7 Å². The van der Waals surface area contributed by atoms with Gasteiger partial charge in [0.2, 0.25) is 5.69 Å². The summed E-state index contributed by atoms with van der Waals surface area (Å²) in [6.45, 7) is 20.5. The van der Waals surface area contributed by atoms with Crippen LogP contribution in [0.3, 0.4) is 0 Å². The summed E-state index contributed by atoms with van der Waals surface area (Å²) in [4.78, 5) is 69.7. The van der Waals surface area contributed by atoms with Crippen LogP contribution in [0.4, 0.5) is 17.1 Å². The lowest BCUT2D eigenvalue weighted by atomic mass is 9.81. The van der Waals surface area contributed by atoms with Crippen molar-refractivity contribution in [1.29, 1.82) is 0 Å². The Balaban J connectivity index is 0.928. The number of ketones is 1. The van der Waals surface area contributed by atoms with Gasteiger partial charge in [-0.2, -0.15) is 21.6 Å². The second-order valence-electron chi connectivity index (χ2n) is 23.0. The highest BCUT2D eigenvalue weighted by atomic mass is 32.2. The summed E-state index contributed by atoms with van der Waals surface area (Å²) >= 11 is 0. The predicted molar refractivity (Wildman–Crippen MR) is 329 cm³/mol. The second-order valence-corrected chi connectivity index (χ2v) is 28.8. The minimum atomic E-state index is -5.79. The number of anilines is 1. The maximum absolute atomic E-state index is 13.1. The van der Waals surface area contributed by atoms with Crippen molar-refractivity contribution in [2.24, 2.45) is 16.6 Å². The summed E-state index contributed by atoms with van der Waals surface area (Å²) in [6.07, 6.45) is 9.75. The molecule has 1 fully saturated rings. The number of unbranched alkanes of at least 4 members (excludes halogenated alkanes) is 2. The van der Waals surface area contributed by atoms with Crippen LogP contribution < -0.4 is 10.6 Å². The number of aliphatic hydroxyl groups is 1. The smallest absolute Gasteiger partial charge is 0.390 e. The second kappa shape index (κ2) is 28.0. The number of rotatable bonds is 27. The van der Waals surface area contributed by atoms with E-state index in [2.05, 4.69) is 98.0 Å². The van der Waals surface area contributed by atoms with Gasteiger partial charge in [0.25, 0.3) is 15.8 Å². The molecule has 4 aliphatic heterocycles. The molecule has 0 bridgehead atoms. The molecule has 0 saturated carbocycles. The van der Waals surface area contributed by atoms with Crippen LogP contribution in [0.2, 0.25) is 0 Å². The highest BCUT2D eigenvalue weighted by Gasteiger charge is 2.46. The summed E-state index contributed by atoms with van der Waals surface area (Å²) in [7, 11) is -21.4. The van der Waals surface area contributed by atoms with E-state index in [9.17, 15) is 56.5 Å². The van der Waals surface area contributed by atoms with Crippen molar-refractivity contribution in [3.8, 4) is 11.8 Å². The molecule has 25 nitrogen and oxygen atoms in total. The van der Waals surface area contributed by atoms with Gasteiger partial charge in [-0.15, -0.1) is 0 Å². The van der Waals surface area contributed by atoms with Gasteiger partial charge in [-0.1, -0.05) is 82.0 Å². The average molecular weight is 1300 g/mol. The number of hydrogen-bond acceptors (Lipinski definition) is 18. The van der Waals surface area contributed by atoms with Crippen LogP contribution in [0.5, 0.6) is 0 Å². The van der Waals surface area contributed by atoms with Crippen LogP contribution in [-0.2, 0) is 62.1 Å². The Bertz CT molecular complexity index is 3750. The molecule has 0 aromatic heterocycles. The Kier molecular flexibility index (Phi) is 22.1. The number of phosphoric ester groups is 1. The minimum absolute atomic E-state index is 0.00902. The number of nitro benzene ring substituents is 1. The fourth-order valence-electron chi connectivity index (χ4n) is 11.1. The van der Waals surface area contributed by atoms with E-state index in [1.165, 1.54) is 51.8 Å². The van der Waals surface area contributed by atoms with Crippen LogP contribution in [0, 0.1) is 34.8 Å². The van der Waals surface area contributed by atoms with Crippen molar-refractivity contribution < 1.29 is 88.3 Å². The van der Waals surface area contributed by atoms with E-state index in [-0.39, 0.29) is 76.4 Å². The molecule has 3 unspecified atom stereocenters. The Morgan fingerprint density at radius 1 is 0.977 bits per heavy atom. The van der Waals surface area contributed by atoms with Crippen molar-refractivity contribution in [2.75, 3.05) is 31.2 Å². The van der Waals surface area contributed by atoms with Crippen LogP contribution in [0.25, 0.3) is 0 Å². The number of ether oxygens (including phenoxy) is 2. The lowest BCUT2D eigenvalue weighted by molar-refractivity contribution is -0.438. The highest BCUT2D eigenvalue weighted by molar-refractivity contribution is 7.85. The number of allylic oxidation sites excluding steroid dienone is 6. The van der Waals surface area contributed by atoms with Crippen molar-refractivity contribution in [3.63, 3.8) is 0 Å². The number of nitro groups is 1. The summed E-state index contributed by atoms with van der Waals surface area (Å²) < 4.78 is 95.7. The van der Waals surface area contributed by atoms with Gasteiger partial charge in [-0.05, 0) is 88.4 Å². The van der Waals surface area contributed by atoms with E-state index in [0.29, 0.717) is 24.9 Å². The minimum Gasteiger partial charge on any atom is -0.390 e. The standard InChI is InChI=1S/C59H75N6O19P3S/c1-10-62-48-28-24-39(4)31-46(48)58(6,7)53(62)22-14-11-15-23-54-59(8,9)47-33-44(88(77,78)79)26-29-49(47)63(54)30-18-12-13-20-43(66)21-17-16-19-41-25-27-45(50(32-41)65(68)69)56(38(2)3)80-36-42-35-64(40(5)61-57(42)60)55-34-51(67)52(82-55)37-81-86(73,74)84-87(75,76)83-85(70,71)72/h11,14-15,22-29,31-33,35,38,51-52,55-56,67H,5,10,12-13,17-18,20-21,30,34,36-37H2,1-4,6-9H3,(H6-,60,61,70,71,72,73,74,75,76,77,78,79)/p+1/t51?,52-,55-,56+/m1/s1. The number of likely N-dealkylation sites (N-methyl/N-ethyl adjacent to an activating group) is 1. The fourth-order valence-corrected chi connectivity index (χ4v) is 14.6. The summed E-state index contributed by atoms with van der Waals surface area (Å²) in [5.41, 5.74) is 13.6. The van der Waals surface area contributed by atoms with Gasteiger partial charge in [0, 0.05) is 96.6 Å². The van der Waals surface area contributed by atoms with E-state index in [1.54, 1.807) is 32.0 Å². The van der Waals surface area contributed by atoms with Gasteiger partial charge in [0.1, 0.15) is 36.3 Å². The Morgan fingerprint density at radius 2 is 1.70 bits per heavy atom. The number of nitrogens with zero attached hydrogens (tertiary/aromatic N) is 5. The normalized spacial score (nSPS) is 21.3. The zero-order valence-corrected chi connectivity index (χ0v) is 53.6. The van der Waals surface area contributed by atoms with E-state index < -0.39 is 75.1 Å². The fraction of sp³-hybridized carbons (Fsp3) is 0.441. The average Bonchev–Trinajstić information content (AvgIpc) is 1.78. The number of hydrogen-bond donors (Lipinski definition) is 7. The Hall–Kier alpha value is -6.07. The van der Waals surface area contributed by atoms with Gasteiger partial charge in [0.05, 0.1) is 46.2 Å². The molecule has 29 heteroatoms. The zero-order valence-electron chi connectivity index (χ0n) is 50.1. The molecule has 7 rings (SSSR count). The number of aryl methyl sites for hydroxylation is 1. The number of aliphatic imine (C=N–C) groups is 1. The molecule has 0 aliphatic carbocycles. The first-order chi connectivity index (χ1) is 41.0. The molecule has 4 aliphatic rings. The van der Waals surface area contributed by atoms with Gasteiger partial charge in [-0.3, -0.25) is 24.0 Å². The maximum atomic E-state index is 13.1. The molecular weight excluding hydrogens is 1220 g/mol. The van der Waals surface area contributed by atoms with Crippen molar-refractivity contribution in [2.45, 2.75) is 141 Å². The lowest BCUT2D eigenvalue weighted by Crippen LogP contribution is -2.36. The van der Waals surface area contributed by atoms with Gasteiger partial charge in [0.15, 0.2) is 5.71 Å². The molecule has 476 valence electrons. The molecule has 1 saturated heterocycles. The van der Waals surface area contributed by atoms with Gasteiger partial charge < -0.3 is 49.7 Å². The number of fused-ring (bicyclic) bond motifs is 2. The molecule has 88 heavy (non-hydrogen) atoms. The molecule has 3 aromatic carbocycles. The number of aliphatic hydroxyl groups excluding tert-OH is 1. The molecule has 6 atom stereocenters. The van der Waals surface area contributed by atoms with Crippen molar-refractivity contribution >= 4 is 68.0 Å². The number of benzene rings is 3. The molecule has 8 N–H and O–H groups in total. The van der Waals surface area contributed by atoms with E-state index in [4.69, 9.17) is 25.0 Å². The first-order valence-corrected chi connectivity index (χ1v) is 34.3. The van der Waals surface area contributed by atoms with Gasteiger partial charge >= 0.3 is 23.5 Å². The first kappa shape index (κ1) is 69.4. The van der Waals surface area contributed by atoms with Crippen LogP contribution in [0.15, 0.2) is 125 Å². The third-order valence-electron chi connectivity index (χ3n) is 15.4. The van der Waals surface area contributed by atoms with Crippen molar-refractivity contribution in [3.05, 3.63) is 153 Å². The van der Waals surface area contributed by atoms with Crippen molar-refractivity contribution in [1.82, 2.24) is 4.90 Å². The number of carbonyl (C=O) groups is 1. The molecular formula is C59H76N6O19P3S+.